The summed E-state index contributed by atoms with van der Waals surface area (Å²) in [6.07, 6.45) is 4.53. The Kier molecular flexibility index (Phi) is 6.72. The summed E-state index contributed by atoms with van der Waals surface area (Å²) in [5.41, 5.74) is 11.2. The van der Waals surface area contributed by atoms with Crippen LogP contribution in [0, 0.1) is 11.7 Å². The van der Waals surface area contributed by atoms with E-state index in [0.717, 1.165) is 25.7 Å². The van der Waals surface area contributed by atoms with Crippen LogP contribution in [0.3, 0.4) is 0 Å². The Morgan fingerprint density at radius 3 is 2.57 bits per heavy atom. The van der Waals surface area contributed by atoms with E-state index in [1.165, 1.54) is 13.3 Å². The zero-order chi connectivity index (χ0) is 25.7. The third-order valence-corrected chi connectivity index (χ3v) is 6.72. The number of benzene rings is 1. The van der Waals surface area contributed by atoms with E-state index in [1.54, 1.807) is 4.57 Å². The van der Waals surface area contributed by atoms with Gasteiger partial charge in [0.15, 0.2) is 11.6 Å². The third kappa shape index (κ3) is 4.95. The fraction of sp³-hybridized carbons (Fsp3) is 0.600. The van der Waals surface area contributed by atoms with E-state index in [9.17, 15) is 14.7 Å². The normalized spacial score (nSPS) is 19.4. The standard InChI is InChI=1S/C25H35FN4O5/c1-25(2,3)35-12-14(27)9-13-7-8-29(10-13)21-18(26)19(28)17-20(23(21)34-4)30(15-5-6-15)11-16(22(17)31)24(32)33/h11,13-15H,5-10,12,27-28H2,1-4H3,(H,32,33)/t13-,14?/m0/s1. The minimum Gasteiger partial charge on any atom is -0.492 e. The average molecular weight is 491 g/mol. The molecule has 1 saturated heterocycles. The molecule has 192 valence electrons. The van der Waals surface area contributed by atoms with E-state index in [-0.39, 0.29) is 46.1 Å². The van der Waals surface area contributed by atoms with Crippen LogP contribution in [0.15, 0.2) is 11.0 Å². The number of carboxylic acids is 1. The first-order chi connectivity index (χ1) is 16.4. The zero-order valence-corrected chi connectivity index (χ0v) is 20.8. The van der Waals surface area contributed by atoms with Crippen LogP contribution < -0.4 is 26.5 Å². The van der Waals surface area contributed by atoms with Gasteiger partial charge in [-0.15, -0.1) is 0 Å². The molecule has 2 aromatic rings. The molecule has 0 amide bonds. The summed E-state index contributed by atoms with van der Waals surface area (Å²) in [7, 11) is 1.42. The largest absolute Gasteiger partial charge is 0.492 e. The predicted molar refractivity (Wildman–Crippen MR) is 133 cm³/mol. The number of ether oxygens (including phenoxy) is 2. The number of hydrogen-bond donors (Lipinski definition) is 3. The van der Waals surface area contributed by atoms with Crippen LogP contribution in [0.2, 0.25) is 0 Å². The molecule has 1 aromatic carbocycles. The van der Waals surface area contributed by atoms with Crippen molar-refractivity contribution in [3.05, 3.63) is 27.8 Å². The summed E-state index contributed by atoms with van der Waals surface area (Å²) in [6, 6.07) is -0.128. The molecule has 1 saturated carbocycles. The van der Waals surface area contributed by atoms with Gasteiger partial charge in [0.05, 0.1) is 35.9 Å². The van der Waals surface area contributed by atoms with Gasteiger partial charge in [0.25, 0.3) is 0 Å². The van der Waals surface area contributed by atoms with E-state index in [2.05, 4.69) is 0 Å². The van der Waals surface area contributed by atoms with E-state index in [4.69, 9.17) is 20.9 Å². The molecule has 1 unspecified atom stereocenters. The molecule has 0 spiro atoms. The second-order valence-corrected chi connectivity index (χ2v) is 10.7. The molecule has 2 fully saturated rings. The lowest BCUT2D eigenvalue weighted by molar-refractivity contribution is -0.0121. The van der Waals surface area contributed by atoms with Gasteiger partial charge >= 0.3 is 5.97 Å². The highest BCUT2D eigenvalue weighted by atomic mass is 19.1. The second-order valence-electron chi connectivity index (χ2n) is 10.7. The lowest BCUT2D eigenvalue weighted by Crippen LogP contribution is -2.34. The van der Waals surface area contributed by atoms with Crippen molar-refractivity contribution in [2.24, 2.45) is 11.7 Å². The topological polar surface area (TPSA) is 133 Å². The lowest BCUT2D eigenvalue weighted by Gasteiger charge is -2.26. The molecule has 4 rings (SSSR count). The summed E-state index contributed by atoms with van der Waals surface area (Å²) in [5, 5.41) is 9.40. The average Bonchev–Trinajstić information content (AvgIpc) is 3.52. The molecule has 35 heavy (non-hydrogen) atoms. The molecule has 9 nitrogen and oxygen atoms in total. The van der Waals surface area contributed by atoms with Crippen molar-refractivity contribution in [3.8, 4) is 5.75 Å². The highest BCUT2D eigenvalue weighted by molar-refractivity contribution is 6.03. The van der Waals surface area contributed by atoms with Crippen LogP contribution in [0.5, 0.6) is 5.75 Å². The highest BCUT2D eigenvalue weighted by Gasteiger charge is 2.35. The lowest BCUT2D eigenvalue weighted by atomic mass is 10.00. The van der Waals surface area contributed by atoms with E-state index < -0.39 is 22.8 Å². The Morgan fingerprint density at radius 1 is 1.31 bits per heavy atom. The predicted octanol–water partition coefficient (Wildman–Crippen LogP) is 3.12. The second kappa shape index (κ2) is 9.31. The van der Waals surface area contributed by atoms with Crippen molar-refractivity contribution in [1.82, 2.24) is 4.57 Å². The number of hydrogen-bond acceptors (Lipinski definition) is 7. The van der Waals surface area contributed by atoms with E-state index in [1.807, 2.05) is 25.7 Å². The number of rotatable bonds is 8. The van der Waals surface area contributed by atoms with Crippen molar-refractivity contribution in [2.45, 2.75) is 64.1 Å². The summed E-state index contributed by atoms with van der Waals surface area (Å²) in [6.45, 7) is 7.53. The van der Waals surface area contributed by atoms with Gasteiger partial charge in [-0.05, 0) is 52.4 Å². The third-order valence-electron chi connectivity index (χ3n) is 6.72. The molecular formula is C25H35FN4O5. The van der Waals surface area contributed by atoms with E-state index >= 15 is 4.39 Å². The first kappa shape index (κ1) is 25.2. The Morgan fingerprint density at radius 2 is 2.00 bits per heavy atom. The Bertz CT molecular complexity index is 1200. The number of aromatic carboxylic acids is 1. The fourth-order valence-corrected chi connectivity index (χ4v) is 4.91. The Labute approximate surface area is 203 Å². The smallest absolute Gasteiger partial charge is 0.341 e. The number of fused-ring (bicyclic) bond motifs is 1. The van der Waals surface area contributed by atoms with Crippen molar-refractivity contribution in [1.29, 1.82) is 0 Å². The first-order valence-electron chi connectivity index (χ1n) is 12.0. The summed E-state index contributed by atoms with van der Waals surface area (Å²) in [5.74, 6) is -1.70. The summed E-state index contributed by atoms with van der Waals surface area (Å²) in [4.78, 5) is 26.6. The van der Waals surface area contributed by atoms with Crippen molar-refractivity contribution in [3.63, 3.8) is 0 Å². The molecular weight excluding hydrogens is 455 g/mol. The molecule has 2 atom stereocenters. The van der Waals surface area contributed by atoms with Crippen molar-refractivity contribution in [2.75, 3.05) is 37.4 Å². The Balaban J connectivity index is 1.72. The summed E-state index contributed by atoms with van der Waals surface area (Å²) >= 11 is 0. The molecule has 2 heterocycles. The van der Waals surface area contributed by atoms with Gasteiger partial charge in [0, 0.05) is 31.4 Å². The number of carboxylic acid groups (broad SMARTS) is 1. The number of nitrogen functional groups attached to an aromatic ring is 1. The number of pyridine rings is 1. The molecule has 0 bridgehead atoms. The molecule has 5 N–H and O–H groups in total. The van der Waals surface area contributed by atoms with Crippen molar-refractivity contribution < 1.29 is 23.8 Å². The molecule has 1 aliphatic carbocycles. The van der Waals surface area contributed by atoms with Crippen LogP contribution in [0.1, 0.15) is 62.9 Å². The Hall–Kier alpha value is -2.85. The number of aromatic nitrogens is 1. The number of methoxy groups -OCH3 is 1. The van der Waals surface area contributed by atoms with Gasteiger partial charge in [-0.3, -0.25) is 4.79 Å². The van der Waals surface area contributed by atoms with Crippen LogP contribution in [-0.4, -0.2) is 54.1 Å². The van der Waals surface area contributed by atoms with Gasteiger partial charge in [0.1, 0.15) is 11.3 Å². The minimum absolute atomic E-state index is 0.00922. The zero-order valence-electron chi connectivity index (χ0n) is 20.8. The van der Waals surface area contributed by atoms with Gasteiger partial charge in [0.2, 0.25) is 5.43 Å². The minimum atomic E-state index is -1.37. The fourth-order valence-electron chi connectivity index (χ4n) is 4.91. The highest BCUT2D eigenvalue weighted by Crippen LogP contribution is 2.47. The van der Waals surface area contributed by atoms with Gasteiger partial charge in [-0.2, -0.15) is 0 Å². The number of halogens is 1. The number of anilines is 2. The van der Waals surface area contributed by atoms with Crippen molar-refractivity contribution >= 4 is 28.2 Å². The molecule has 10 heteroatoms. The maximum Gasteiger partial charge on any atom is 0.341 e. The van der Waals surface area contributed by atoms with Crippen LogP contribution >= 0.6 is 0 Å². The van der Waals surface area contributed by atoms with Gasteiger partial charge in [-0.25, -0.2) is 9.18 Å². The SMILES string of the molecule is COc1c(N2CC[C@@H](CC(N)COC(C)(C)C)C2)c(F)c(N)c2c(=O)c(C(=O)O)cn(C3CC3)c12. The maximum atomic E-state index is 15.7. The van der Waals surface area contributed by atoms with Crippen LogP contribution in [-0.2, 0) is 4.74 Å². The molecule has 0 radical (unpaired) electrons. The molecule has 1 aromatic heterocycles. The number of nitrogens with two attached hydrogens (primary N) is 2. The van der Waals surface area contributed by atoms with Gasteiger partial charge < -0.3 is 35.5 Å². The monoisotopic (exact) mass is 490 g/mol. The summed E-state index contributed by atoms with van der Waals surface area (Å²) < 4.78 is 28.9. The number of carbonyl (C=O) groups is 1. The number of nitrogens with zero attached hydrogens (tertiary/aromatic N) is 2. The quantitative estimate of drug-likeness (QED) is 0.481. The molecule has 1 aliphatic heterocycles. The van der Waals surface area contributed by atoms with E-state index in [0.29, 0.717) is 25.2 Å². The maximum absolute atomic E-state index is 15.7. The van der Waals surface area contributed by atoms with Gasteiger partial charge in [-0.1, -0.05) is 0 Å². The van der Waals surface area contributed by atoms with Crippen LogP contribution in [0.25, 0.3) is 10.9 Å². The molecule has 2 aliphatic rings. The first-order valence-corrected chi connectivity index (χ1v) is 12.0. The van der Waals surface area contributed by atoms with Crippen LogP contribution in [0.4, 0.5) is 15.8 Å².